The van der Waals surface area contributed by atoms with Crippen LogP contribution in [0.3, 0.4) is 0 Å². The maximum Gasteiger partial charge on any atom is 0.272 e. The van der Waals surface area contributed by atoms with Crippen molar-refractivity contribution >= 4 is 13.8 Å². The molecule has 78 valence electrons. The number of nitrogens with zero attached hydrogens (tertiary/aromatic N) is 2. The van der Waals surface area contributed by atoms with E-state index in [1.165, 1.54) is 0 Å². The Labute approximate surface area is 91.9 Å². The summed E-state index contributed by atoms with van der Waals surface area (Å²) in [5.74, 6) is -0.0489. The Morgan fingerprint density at radius 1 is 1.53 bits per heavy atom. The minimum absolute atomic E-state index is 0.0489. The first-order valence-electron chi connectivity index (χ1n) is 5.10. The summed E-state index contributed by atoms with van der Waals surface area (Å²) in [6, 6.07) is 5.34. The highest BCUT2D eigenvalue weighted by molar-refractivity contribution is 6.08. The monoisotopic (exact) mass is 202 g/mol. The van der Waals surface area contributed by atoms with Crippen LogP contribution in [-0.4, -0.2) is 37.2 Å². The fourth-order valence-corrected chi connectivity index (χ4v) is 1.34. The highest BCUT2D eigenvalue weighted by Crippen LogP contribution is 2.03. The van der Waals surface area contributed by atoms with Gasteiger partial charge in [-0.3, -0.25) is 4.79 Å². The van der Waals surface area contributed by atoms with Gasteiger partial charge in [-0.25, -0.2) is 4.98 Å². The Bertz CT molecular complexity index is 341. The molecular weight excluding hydrogens is 187 g/mol. The largest absolute Gasteiger partial charge is 0.340 e. The number of carbonyl (C=O) groups excluding carboxylic acids is 1. The summed E-state index contributed by atoms with van der Waals surface area (Å²) < 4.78 is 0. The lowest BCUT2D eigenvalue weighted by Crippen LogP contribution is -2.28. The third-order valence-corrected chi connectivity index (χ3v) is 2.14. The van der Waals surface area contributed by atoms with Crippen LogP contribution in [0.5, 0.6) is 0 Å². The van der Waals surface area contributed by atoms with Gasteiger partial charge in [0, 0.05) is 19.3 Å². The zero-order chi connectivity index (χ0) is 11.3. The van der Waals surface area contributed by atoms with Gasteiger partial charge >= 0.3 is 0 Å². The van der Waals surface area contributed by atoms with E-state index in [-0.39, 0.29) is 5.91 Å². The van der Waals surface area contributed by atoms with Crippen LogP contribution in [-0.2, 0) is 6.32 Å². The van der Waals surface area contributed by atoms with Gasteiger partial charge in [0.15, 0.2) is 0 Å². The van der Waals surface area contributed by atoms with Crippen molar-refractivity contribution in [2.45, 2.75) is 19.7 Å². The van der Waals surface area contributed by atoms with Crippen LogP contribution < -0.4 is 0 Å². The van der Waals surface area contributed by atoms with Crippen LogP contribution in [0, 0.1) is 0 Å². The highest BCUT2D eigenvalue weighted by Gasteiger charge is 2.11. The molecule has 0 saturated carbocycles. The quantitative estimate of drug-likeness (QED) is 0.688. The molecule has 0 N–H and O–H groups in total. The number of rotatable bonds is 4. The molecule has 0 aliphatic carbocycles. The molecule has 1 aromatic heterocycles. The van der Waals surface area contributed by atoms with Crippen molar-refractivity contribution in [2.75, 3.05) is 13.6 Å². The molecule has 15 heavy (non-hydrogen) atoms. The Morgan fingerprint density at radius 3 is 2.87 bits per heavy atom. The Morgan fingerprint density at radius 2 is 2.27 bits per heavy atom. The van der Waals surface area contributed by atoms with E-state index in [1.54, 1.807) is 18.0 Å². The average Bonchev–Trinajstić information content (AvgIpc) is 2.28. The van der Waals surface area contributed by atoms with E-state index < -0.39 is 0 Å². The molecule has 0 aliphatic rings. The predicted octanol–water partition coefficient (Wildman–Crippen LogP) is 1.23. The molecule has 0 aliphatic heterocycles. The van der Waals surface area contributed by atoms with Gasteiger partial charge in [-0.2, -0.15) is 0 Å². The van der Waals surface area contributed by atoms with E-state index in [0.717, 1.165) is 18.7 Å². The average molecular weight is 202 g/mol. The summed E-state index contributed by atoms with van der Waals surface area (Å²) in [5, 5.41) is 0. The molecule has 4 heteroatoms. The van der Waals surface area contributed by atoms with Gasteiger partial charge in [0.05, 0.1) is 7.85 Å². The summed E-state index contributed by atoms with van der Waals surface area (Å²) in [5.41, 5.74) is 1.21. The van der Waals surface area contributed by atoms with Crippen molar-refractivity contribution < 1.29 is 4.79 Å². The van der Waals surface area contributed by atoms with Crippen LogP contribution >= 0.6 is 0 Å². The van der Waals surface area contributed by atoms with E-state index in [9.17, 15) is 4.79 Å². The summed E-state index contributed by atoms with van der Waals surface area (Å²) >= 11 is 0. The van der Waals surface area contributed by atoms with E-state index in [0.29, 0.717) is 12.0 Å². The third-order valence-electron chi connectivity index (χ3n) is 2.14. The first-order chi connectivity index (χ1) is 7.19. The van der Waals surface area contributed by atoms with Crippen molar-refractivity contribution in [3.05, 3.63) is 29.6 Å². The summed E-state index contributed by atoms with van der Waals surface area (Å²) in [4.78, 5) is 17.7. The van der Waals surface area contributed by atoms with E-state index in [2.05, 4.69) is 4.98 Å². The standard InChI is InChI=1S/C11H15BN2O/c1-3-7-14(2)11(15)10-6-4-5-9(8-12)13-10/h4-6H,3,7-8H2,1-2H3. The normalized spacial score (nSPS) is 10.0. The predicted molar refractivity (Wildman–Crippen MR) is 60.9 cm³/mol. The van der Waals surface area contributed by atoms with Gasteiger partial charge in [0.25, 0.3) is 5.91 Å². The van der Waals surface area contributed by atoms with E-state index >= 15 is 0 Å². The van der Waals surface area contributed by atoms with Crippen LogP contribution in [0.4, 0.5) is 0 Å². The molecule has 0 atom stereocenters. The number of hydrogen-bond acceptors (Lipinski definition) is 2. The Hall–Kier alpha value is -1.32. The lowest BCUT2D eigenvalue weighted by Gasteiger charge is -2.15. The van der Waals surface area contributed by atoms with Gasteiger partial charge in [-0.05, 0) is 24.9 Å². The van der Waals surface area contributed by atoms with Crippen molar-refractivity contribution in [2.24, 2.45) is 0 Å². The molecule has 0 fully saturated rings. The zero-order valence-electron chi connectivity index (χ0n) is 9.23. The second kappa shape index (κ2) is 5.54. The van der Waals surface area contributed by atoms with Gasteiger partial charge < -0.3 is 4.90 Å². The molecule has 1 rings (SSSR count). The SMILES string of the molecule is [B]Cc1cccc(C(=O)N(C)CCC)n1. The molecule has 1 amide bonds. The summed E-state index contributed by atoms with van der Waals surface area (Å²) in [7, 11) is 7.25. The minimum atomic E-state index is -0.0489. The highest BCUT2D eigenvalue weighted by atomic mass is 16.2. The van der Waals surface area contributed by atoms with E-state index in [4.69, 9.17) is 7.85 Å². The van der Waals surface area contributed by atoms with Crippen molar-refractivity contribution in [3.63, 3.8) is 0 Å². The Balaban J connectivity index is 2.81. The molecule has 0 aromatic carbocycles. The molecule has 0 spiro atoms. The number of pyridine rings is 1. The second-order valence-electron chi connectivity index (χ2n) is 3.44. The molecule has 0 unspecified atom stereocenters. The topological polar surface area (TPSA) is 33.2 Å². The smallest absolute Gasteiger partial charge is 0.272 e. The van der Waals surface area contributed by atoms with Crippen LogP contribution in [0.2, 0.25) is 0 Å². The number of hydrogen-bond donors (Lipinski definition) is 0. The van der Waals surface area contributed by atoms with Crippen molar-refractivity contribution in [1.82, 2.24) is 9.88 Å². The van der Waals surface area contributed by atoms with Crippen LogP contribution in [0.25, 0.3) is 0 Å². The molecule has 2 radical (unpaired) electrons. The maximum absolute atomic E-state index is 11.8. The van der Waals surface area contributed by atoms with Crippen molar-refractivity contribution in [3.8, 4) is 0 Å². The summed E-state index contributed by atoms with van der Waals surface area (Å²) in [6.07, 6.45) is 1.30. The first kappa shape index (κ1) is 11.8. The Kier molecular flexibility index (Phi) is 4.34. The fraction of sp³-hybridized carbons (Fsp3) is 0.455. The lowest BCUT2D eigenvalue weighted by molar-refractivity contribution is 0.0789. The first-order valence-corrected chi connectivity index (χ1v) is 5.10. The van der Waals surface area contributed by atoms with E-state index in [1.807, 2.05) is 19.1 Å². The number of amides is 1. The van der Waals surface area contributed by atoms with Gasteiger partial charge in [0.1, 0.15) is 5.69 Å². The molecule has 0 bridgehead atoms. The van der Waals surface area contributed by atoms with Gasteiger partial charge in [-0.1, -0.05) is 13.0 Å². The minimum Gasteiger partial charge on any atom is -0.340 e. The number of aromatic nitrogens is 1. The van der Waals surface area contributed by atoms with Gasteiger partial charge in [0.2, 0.25) is 0 Å². The summed E-state index contributed by atoms with van der Waals surface area (Å²) in [6.45, 7) is 2.78. The molecule has 0 saturated heterocycles. The van der Waals surface area contributed by atoms with Gasteiger partial charge in [-0.15, -0.1) is 0 Å². The van der Waals surface area contributed by atoms with Crippen molar-refractivity contribution in [1.29, 1.82) is 0 Å². The molecule has 1 heterocycles. The zero-order valence-corrected chi connectivity index (χ0v) is 9.23. The van der Waals surface area contributed by atoms with Crippen LogP contribution in [0.15, 0.2) is 18.2 Å². The fourth-order valence-electron chi connectivity index (χ4n) is 1.34. The lowest BCUT2D eigenvalue weighted by atomic mass is 10.0. The second-order valence-corrected chi connectivity index (χ2v) is 3.44. The third kappa shape index (κ3) is 3.08. The molecular formula is C11H15BN2O. The van der Waals surface area contributed by atoms with Crippen LogP contribution in [0.1, 0.15) is 29.5 Å². The maximum atomic E-state index is 11.8. The molecule has 1 aromatic rings. The number of carbonyl (C=O) groups is 1. The molecule has 3 nitrogen and oxygen atoms in total.